The highest BCUT2D eigenvalue weighted by Crippen LogP contribution is 2.20. The molecule has 0 radical (unpaired) electrons. The Bertz CT molecular complexity index is 523. The molecule has 1 atom stereocenters. The molecule has 0 bridgehead atoms. The number of piperazine rings is 1. The number of hydrogen-bond acceptors (Lipinski definition) is 6. The fourth-order valence-corrected chi connectivity index (χ4v) is 3.20. The number of urea groups is 1. The highest BCUT2D eigenvalue weighted by atomic mass is 32.1. The molecular weight excluding hydrogens is 302 g/mol. The average Bonchev–Trinajstić information content (AvgIpc) is 3.16. The second kappa shape index (κ2) is 6.62. The van der Waals surface area contributed by atoms with Crippen LogP contribution in [0.15, 0.2) is 11.6 Å². The minimum absolute atomic E-state index is 0.235. The molecule has 7 nitrogen and oxygen atoms in total. The van der Waals surface area contributed by atoms with Gasteiger partial charge in [0.25, 0.3) is 0 Å². The zero-order valence-corrected chi connectivity index (χ0v) is 13.4. The van der Waals surface area contributed by atoms with E-state index in [2.05, 4.69) is 25.4 Å². The Labute approximate surface area is 133 Å². The summed E-state index contributed by atoms with van der Waals surface area (Å²) in [5.74, 6) is -0.235. The molecule has 1 aromatic rings. The van der Waals surface area contributed by atoms with Crippen molar-refractivity contribution in [1.29, 1.82) is 0 Å². The lowest BCUT2D eigenvalue weighted by molar-refractivity contribution is -0.124. The van der Waals surface area contributed by atoms with Crippen molar-refractivity contribution in [3.05, 3.63) is 11.6 Å². The van der Waals surface area contributed by atoms with Crippen LogP contribution in [0.25, 0.3) is 0 Å². The first-order valence-corrected chi connectivity index (χ1v) is 8.51. The number of rotatable bonds is 4. The van der Waals surface area contributed by atoms with E-state index in [1.54, 1.807) is 17.5 Å². The van der Waals surface area contributed by atoms with Gasteiger partial charge in [-0.1, -0.05) is 0 Å². The van der Waals surface area contributed by atoms with Gasteiger partial charge in [-0.05, 0) is 19.8 Å². The molecule has 1 saturated heterocycles. The van der Waals surface area contributed by atoms with Crippen LogP contribution < -0.4 is 15.5 Å². The number of carbonyl (C=O) groups excluding carboxylic acids is 2. The van der Waals surface area contributed by atoms with E-state index in [0.717, 1.165) is 44.2 Å². The van der Waals surface area contributed by atoms with E-state index in [-0.39, 0.29) is 24.0 Å². The third-order valence-corrected chi connectivity index (χ3v) is 4.91. The van der Waals surface area contributed by atoms with Gasteiger partial charge < -0.3 is 10.2 Å². The quantitative estimate of drug-likeness (QED) is 0.850. The molecule has 2 fully saturated rings. The molecule has 22 heavy (non-hydrogen) atoms. The monoisotopic (exact) mass is 323 g/mol. The number of imide groups is 1. The molecule has 2 N–H and O–H groups in total. The van der Waals surface area contributed by atoms with E-state index in [1.807, 2.05) is 12.3 Å². The summed E-state index contributed by atoms with van der Waals surface area (Å²) >= 11 is 1.63. The van der Waals surface area contributed by atoms with Crippen LogP contribution in [0.3, 0.4) is 0 Å². The molecule has 3 rings (SSSR count). The van der Waals surface area contributed by atoms with Crippen molar-refractivity contribution in [2.45, 2.75) is 31.8 Å². The lowest BCUT2D eigenvalue weighted by Gasteiger charge is -2.37. The van der Waals surface area contributed by atoms with Crippen molar-refractivity contribution in [3.63, 3.8) is 0 Å². The van der Waals surface area contributed by atoms with Gasteiger partial charge in [0.1, 0.15) is 0 Å². The number of nitrogens with zero attached hydrogens (tertiary/aromatic N) is 3. The molecule has 0 aromatic carbocycles. The minimum Gasteiger partial charge on any atom is -0.346 e. The van der Waals surface area contributed by atoms with Crippen molar-refractivity contribution in [3.8, 4) is 0 Å². The summed E-state index contributed by atoms with van der Waals surface area (Å²) in [6, 6.07) is -0.422. The average molecular weight is 323 g/mol. The summed E-state index contributed by atoms with van der Waals surface area (Å²) in [6.45, 7) is 5.12. The minimum atomic E-state index is -0.374. The molecule has 0 spiro atoms. The fourth-order valence-electron chi connectivity index (χ4n) is 2.50. The van der Waals surface area contributed by atoms with Gasteiger partial charge in [0.05, 0.1) is 6.04 Å². The van der Waals surface area contributed by atoms with E-state index in [9.17, 15) is 9.59 Å². The van der Waals surface area contributed by atoms with Crippen LogP contribution in [0.2, 0.25) is 0 Å². The zero-order chi connectivity index (χ0) is 15.5. The van der Waals surface area contributed by atoms with Gasteiger partial charge in [0.15, 0.2) is 5.13 Å². The Morgan fingerprint density at radius 1 is 1.32 bits per heavy atom. The fraction of sp³-hybridized carbons (Fsp3) is 0.643. The normalized spacial score (nSPS) is 20.5. The smallest absolute Gasteiger partial charge is 0.321 e. The van der Waals surface area contributed by atoms with Gasteiger partial charge in [-0.3, -0.25) is 15.0 Å². The Morgan fingerprint density at radius 2 is 2.05 bits per heavy atom. The van der Waals surface area contributed by atoms with E-state index in [1.165, 1.54) is 0 Å². The van der Waals surface area contributed by atoms with E-state index in [0.29, 0.717) is 0 Å². The largest absolute Gasteiger partial charge is 0.346 e. The number of amides is 3. The molecule has 120 valence electrons. The van der Waals surface area contributed by atoms with Crippen LogP contribution in [0.5, 0.6) is 0 Å². The maximum atomic E-state index is 12.1. The number of nitrogens with one attached hydrogen (secondary N) is 2. The molecule has 8 heteroatoms. The number of aromatic nitrogens is 1. The molecule has 2 aliphatic rings. The van der Waals surface area contributed by atoms with Crippen molar-refractivity contribution in [2.24, 2.45) is 0 Å². The molecule has 3 amide bonds. The third kappa shape index (κ3) is 3.75. The summed E-state index contributed by atoms with van der Waals surface area (Å²) in [7, 11) is 0. The summed E-state index contributed by atoms with van der Waals surface area (Å²) < 4.78 is 0. The van der Waals surface area contributed by atoms with Gasteiger partial charge in [-0.25, -0.2) is 9.78 Å². The van der Waals surface area contributed by atoms with Crippen LogP contribution in [0, 0.1) is 0 Å². The SMILES string of the molecule is CC(C(=O)NC(=O)NC1CC1)N1CCN(c2nccs2)CC1. The van der Waals surface area contributed by atoms with Crippen molar-refractivity contribution >= 4 is 28.4 Å². The number of hydrogen-bond donors (Lipinski definition) is 2. The highest BCUT2D eigenvalue weighted by Gasteiger charge is 2.29. The van der Waals surface area contributed by atoms with E-state index >= 15 is 0 Å². The van der Waals surface area contributed by atoms with Crippen molar-refractivity contribution in [2.75, 3.05) is 31.1 Å². The Hall–Kier alpha value is -1.67. The predicted octanol–water partition coefficient (Wildman–Crippen LogP) is 0.642. The third-order valence-electron chi connectivity index (χ3n) is 4.08. The maximum absolute atomic E-state index is 12.1. The van der Waals surface area contributed by atoms with Crippen molar-refractivity contribution < 1.29 is 9.59 Å². The first-order chi connectivity index (χ1) is 10.6. The summed E-state index contributed by atoms with van der Waals surface area (Å²) in [5, 5.41) is 8.19. The Kier molecular flexibility index (Phi) is 4.58. The number of thiazole rings is 1. The molecule has 1 unspecified atom stereocenters. The van der Waals surface area contributed by atoms with Crippen LogP contribution in [0.1, 0.15) is 19.8 Å². The molecule has 1 aromatic heterocycles. The summed E-state index contributed by atoms with van der Waals surface area (Å²) in [4.78, 5) is 32.4. The maximum Gasteiger partial charge on any atom is 0.321 e. The Balaban J connectivity index is 1.45. The lowest BCUT2D eigenvalue weighted by atomic mass is 10.2. The van der Waals surface area contributed by atoms with Gasteiger partial charge in [-0.2, -0.15) is 0 Å². The van der Waals surface area contributed by atoms with E-state index < -0.39 is 0 Å². The first-order valence-electron chi connectivity index (χ1n) is 7.63. The Morgan fingerprint density at radius 3 is 2.64 bits per heavy atom. The number of carbonyl (C=O) groups is 2. The molecular formula is C14H21N5O2S. The predicted molar refractivity (Wildman–Crippen MR) is 85.1 cm³/mol. The summed E-state index contributed by atoms with van der Waals surface area (Å²) in [6.07, 6.45) is 3.83. The first kappa shape index (κ1) is 15.2. The van der Waals surface area contributed by atoms with Gasteiger partial charge in [-0.15, -0.1) is 11.3 Å². The lowest BCUT2D eigenvalue weighted by Crippen LogP contribution is -2.55. The highest BCUT2D eigenvalue weighted by molar-refractivity contribution is 7.13. The van der Waals surface area contributed by atoms with Gasteiger partial charge >= 0.3 is 6.03 Å². The molecule has 2 heterocycles. The molecule has 1 aliphatic heterocycles. The van der Waals surface area contributed by atoms with Crippen molar-refractivity contribution in [1.82, 2.24) is 20.5 Å². The standard InChI is InChI=1S/C14H21N5O2S/c1-10(12(20)17-13(21)16-11-2-3-11)18-5-7-19(8-6-18)14-15-4-9-22-14/h4,9-11H,2-3,5-8H2,1H3,(H2,16,17,20,21). The summed E-state index contributed by atoms with van der Waals surface area (Å²) in [5.41, 5.74) is 0. The van der Waals surface area contributed by atoms with Crippen LogP contribution in [-0.2, 0) is 4.79 Å². The number of anilines is 1. The van der Waals surface area contributed by atoms with Gasteiger partial charge in [0.2, 0.25) is 5.91 Å². The van der Waals surface area contributed by atoms with Gasteiger partial charge in [0, 0.05) is 43.8 Å². The van der Waals surface area contributed by atoms with Crippen LogP contribution in [-0.4, -0.2) is 60.1 Å². The molecule has 1 saturated carbocycles. The van der Waals surface area contributed by atoms with Crippen LogP contribution in [0.4, 0.5) is 9.93 Å². The van der Waals surface area contributed by atoms with E-state index in [4.69, 9.17) is 0 Å². The van der Waals surface area contributed by atoms with Crippen LogP contribution >= 0.6 is 11.3 Å². The zero-order valence-electron chi connectivity index (χ0n) is 12.6. The second-order valence-corrected chi connectivity index (χ2v) is 6.62. The molecule has 1 aliphatic carbocycles. The second-order valence-electron chi connectivity index (χ2n) is 5.75. The topological polar surface area (TPSA) is 77.6 Å².